The highest BCUT2D eigenvalue weighted by molar-refractivity contribution is 5.75. The average molecular weight is 255 g/mol. The number of alkyl carbamates (subject to hydrolysis) is 1. The third kappa shape index (κ3) is 6.03. The van der Waals surface area contributed by atoms with Crippen molar-refractivity contribution < 1.29 is 14.3 Å². The Bertz CT molecular complexity index is 299. The van der Waals surface area contributed by atoms with Crippen molar-refractivity contribution in [2.24, 2.45) is 5.92 Å². The van der Waals surface area contributed by atoms with Crippen LogP contribution in [0, 0.1) is 5.92 Å². The number of ether oxygens (including phenoxy) is 1. The maximum atomic E-state index is 11.6. The lowest BCUT2D eigenvalue weighted by molar-refractivity contribution is -0.118. The first-order chi connectivity index (χ1) is 8.26. The molecule has 18 heavy (non-hydrogen) atoms. The van der Waals surface area contributed by atoms with Gasteiger partial charge in [-0.1, -0.05) is 0 Å². The van der Waals surface area contributed by atoms with E-state index >= 15 is 0 Å². The molecule has 0 atom stereocenters. The molecule has 0 spiro atoms. The third-order valence-corrected chi connectivity index (χ3v) is 3.14. The lowest BCUT2D eigenvalue weighted by atomic mass is 9.83. The summed E-state index contributed by atoms with van der Waals surface area (Å²) in [6, 6.07) is 0.197. The maximum absolute atomic E-state index is 11.6. The highest BCUT2D eigenvalue weighted by atomic mass is 16.6. The van der Waals surface area contributed by atoms with Crippen molar-refractivity contribution in [1.29, 1.82) is 0 Å². The van der Waals surface area contributed by atoms with E-state index in [1.54, 1.807) is 6.92 Å². The van der Waals surface area contributed by atoms with E-state index in [1.165, 1.54) is 0 Å². The van der Waals surface area contributed by atoms with Gasteiger partial charge in [-0.05, 0) is 59.3 Å². The highest BCUT2D eigenvalue weighted by Crippen LogP contribution is 2.27. The number of nitrogens with one attached hydrogen (secondary N) is 1. The maximum Gasteiger partial charge on any atom is 0.407 e. The Kier molecular flexibility index (Phi) is 5.17. The zero-order chi connectivity index (χ0) is 13.8. The van der Waals surface area contributed by atoms with Crippen LogP contribution < -0.4 is 5.32 Å². The minimum Gasteiger partial charge on any atom is -0.444 e. The molecule has 4 nitrogen and oxygen atoms in total. The van der Waals surface area contributed by atoms with Crippen molar-refractivity contribution in [3.8, 4) is 0 Å². The molecule has 0 aliphatic heterocycles. The summed E-state index contributed by atoms with van der Waals surface area (Å²) < 4.78 is 5.23. The summed E-state index contributed by atoms with van der Waals surface area (Å²) in [5.41, 5.74) is -0.448. The van der Waals surface area contributed by atoms with Crippen molar-refractivity contribution in [3.05, 3.63) is 0 Å². The molecule has 1 fully saturated rings. The van der Waals surface area contributed by atoms with Gasteiger partial charge in [-0.25, -0.2) is 4.79 Å². The van der Waals surface area contributed by atoms with Gasteiger partial charge in [0.2, 0.25) is 0 Å². The summed E-state index contributed by atoms with van der Waals surface area (Å²) in [5, 5.41) is 2.90. The molecular formula is C14H25NO3. The zero-order valence-electron chi connectivity index (χ0n) is 11.9. The van der Waals surface area contributed by atoms with Gasteiger partial charge in [0.15, 0.2) is 0 Å². The van der Waals surface area contributed by atoms with E-state index in [0.29, 0.717) is 12.3 Å². The third-order valence-electron chi connectivity index (χ3n) is 3.14. The van der Waals surface area contributed by atoms with E-state index in [1.807, 2.05) is 20.8 Å². The van der Waals surface area contributed by atoms with Crippen LogP contribution in [-0.4, -0.2) is 23.5 Å². The van der Waals surface area contributed by atoms with Crippen molar-refractivity contribution in [1.82, 2.24) is 5.32 Å². The largest absolute Gasteiger partial charge is 0.444 e. The molecule has 0 bridgehead atoms. The summed E-state index contributed by atoms with van der Waals surface area (Å²) in [7, 11) is 0. The van der Waals surface area contributed by atoms with E-state index in [-0.39, 0.29) is 17.9 Å². The Morgan fingerprint density at radius 3 is 2.17 bits per heavy atom. The molecule has 0 aromatic carbocycles. The van der Waals surface area contributed by atoms with Gasteiger partial charge < -0.3 is 14.8 Å². The summed E-state index contributed by atoms with van der Waals surface area (Å²) >= 11 is 0. The molecule has 1 N–H and O–H groups in total. The molecule has 0 unspecified atom stereocenters. The summed E-state index contributed by atoms with van der Waals surface area (Å²) in [4.78, 5) is 22.6. The van der Waals surface area contributed by atoms with Crippen LogP contribution in [0.4, 0.5) is 4.79 Å². The first-order valence-electron chi connectivity index (χ1n) is 6.75. The Balaban J connectivity index is 2.27. The summed E-state index contributed by atoms with van der Waals surface area (Å²) in [6.07, 6.45) is 4.26. The molecule has 1 rings (SSSR count). The molecule has 0 aromatic heterocycles. The van der Waals surface area contributed by atoms with Gasteiger partial charge in [-0.2, -0.15) is 0 Å². The second kappa shape index (κ2) is 6.21. The second-order valence-corrected chi connectivity index (χ2v) is 6.27. The van der Waals surface area contributed by atoms with Crippen molar-refractivity contribution >= 4 is 11.9 Å². The van der Waals surface area contributed by atoms with Crippen LogP contribution in [0.1, 0.15) is 59.8 Å². The first kappa shape index (κ1) is 15.0. The summed E-state index contributed by atoms with van der Waals surface area (Å²) in [5.74, 6) is 0.762. The zero-order valence-corrected chi connectivity index (χ0v) is 11.9. The first-order valence-corrected chi connectivity index (χ1v) is 6.75. The molecule has 0 aromatic rings. The molecule has 104 valence electrons. The van der Waals surface area contributed by atoms with Gasteiger partial charge in [-0.15, -0.1) is 0 Å². The SMILES string of the molecule is CC(=O)C[C@H]1CC[C@H](NC(=O)OC(C)(C)C)CC1. The fourth-order valence-corrected chi connectivity index (χ4v) is 2.39. The molecule has 4 heteroatoms. The lowest BCUT2D eigenvalue weighted by Crippen LogP contribution is -2.41. The number of hydrogen-bond donors (Lipinski definition) is 1. The number of amides is 1. The standard InChI is InChI=1S/C14H25NO3/c1-10(16)9-11-5-7-12(8-6-11)15-13(17)18-14(2,3)4/h11-12H,5-9H2,1-4H3,(H,15,17)/t11-,12-. The van der Waals surface area contributed by atoms with Crippen LogP contribution in [-0.2, 0) is 9.53 Å². The normalized spacial score (nSPS) is 24.4. The second-order valence-electron chi connectivity index (χ2n) is 6.27. The van der Waals surface area contributed by atoms with Gasteiger partial charge in [0.05, 0.1) is 0 Å². The minimum atomic E-state index is -0.448. The number of ketones is 1. The van der Waals surface area contributed by atoms with Gasteiger partial charge >= 0.3 is 6.09 Å². The highest BCUT2D eigenvalue weighted by Gasteiger charge is 2.25. The Labute approximate surface area is 109 Å². The van der Waals surface area contributed by atoms with E-state index in [2.05, 4.69) is 5.32 Å². The quantitative estimate of drug-likeness (QED) is 0.843. The monoisotopic (exact) mass is 255 g/mol. The molecule has 1 amide bonds. The van der Waals surface area contributed by atoms with Gasteiger partial charge in [0.1, 0.15) is 11.4 Å². The van der Waals surface area contributed by atoms with E-state index in [0.717, 1.165) is 25.7 Å². The Hall–Kier alpha value is -1.06. The number of carbonyl (C=O) groups is 2. The Morgan fingerprint density at radius 2 is 1.72 bits per heavy atom. The summed E-state index contributed by atoms with van der Waals surface area (Å²) in [6.45, 7) is 7.22. The van der Waals surface area contributed by atoms with Crippen LogP contribution in [0.25, 0.3) is 0 Å². The van der Waals surface area contributed by atoms with Crippen molar-refractivity contribution in [3.63, 3.8) is 0 Å². The number of hydrogen-bond acceptors (Lipinski definition) is 3. The molecule has 0 radical (unpaired) electrons. The van der Waals surface area contributed by atoms with Crippen molar-refractivity contribution in [2.45, 2.75) is 71.4 Å². The van der Waals surface area contributed by atoms with E-state index in [4.69, 9.17) is 4.74 Å². The van der Waals surface area contributed by atoms with E-state index in [9.17, 15) is 9.59 Å². The predicted molar refractivity (Wildman–Crippen MR) is 70.4 cm³/mol. The van der Waals surface area contributed by atoms with Crippen LogP contribution >= 0.6 is 0 Å². The smallest absolute Gasteiger partial charge is 0.407 e. The number of rotatable bonds is 3. The topological polar surface area (TPSA) is 55.4 Å². The molecular weight excluding hydrogens is 230 g/mol. The fraction of sp³-hybridized carbons (Fsp3) is 0.857. The fourth-order valence-electron chi connectivity index (χ4n) is 2.39. The van der Waals surface area contributed by atoms with Crippen LogP contribution in [0.3, 0.4) is 0 Å². The lowest BCUT2D eigenvalue weighted by Gasteiger charge is -2.29. The van der Waals surface area contributed by atoms with Gasteiger partial charge in [-0.3, -0.25) is 0 Å². The molecule has 0 saturated heterocycles. The molecule has 1 saturated carbocycles. The van der Waals surface area contributed by atoms with Crippen LogP contribution in [0.5, 0.6) is 0 Å². The molecule has 0 heterocycles. The van der Waals surface area contributed by atoms with Gasteiger partial charge in [0.25, 0.3) is 0 Å². The van der Waals surface area contributed by atoms with Gasteiger partial charge in [0, 0.05) is 12.5 Å². The number of Topliss-reactive ketones (excluding diaryl/α,β-unsaturated/α-hetero) is 1. The van der Waals surface area contributed by atoms with Crippen LogP contribution in [0.15, 0.2) is 0 Å². The van der Waals surface area contributed by atoms with E-state index < -0.39 is 5.60 Å². The minimum absolute atomic E-state index is 0.197. The molecule has 1 aliphatic rings. The average Bonchev–Trinajstić information content (AvgIpc) is 2.17. The number of carbonyl (C=O) groups excluding carboxylic acids is 2. The predicted octanol–water partition coefficient (Wildman–Crippen LogP) is 3.05. The molecule has 1 aliphatic carbocycles. The van der Waals surface area contributed by atoms with Crippen LogP contribution in [0.2, 0.25) is 0 Å². The van der Waals surface area contributed by atoms with Crippen molar-refractivity contribution in [2.75, 3.05) is 0 Å². The Morgan fingerprint density at radius 1 is 1.17 bits per heavy atom.